The molecule has 0 saturated heterocycles. The van der Waals surface area contributed by atoms with Crippen LogP contribution in [0.25, 0.3) is 0 Å². The fourth-order valence-corrected chi connectivity index (χ4v) is 4.16. The predicted molar refractivity (Wildman–Crippen MR) is 85.2 cm³/mol. The van der Waals surface area contributed by atoms with E-state index in [0.29, 0.717) is 11.4 Å². The molecule has 7 heteroatoms. The lowest BCUT2D eigenvalue weighted by atomic mass is 10.1. The van der Waals surface area contributed by atoms with E-state index in [-0.39, 0.29) is 22.3 Å². The molecule has 0 aliphatic rings. The summed E-state index contributed by atoms with van der Waals surface area (Å²) in [5.41, 5.74) is 7.72. The van der Waals surface area contributed by atoms with Crippen molar-refractivity contribution in [2.75, 3.05) is 16.8 Å². The Bertz CT molecular complexity index is 738. The van der Waals surface area contributed by atoms with Crippen molar-refractivity contribution in [3.8, 4) is 0 Å². The smallest absolute Gasteiger partial charge is 0.225 e. The molecular weight excluding hydrogens is 308 g/mol. The van der Waals surface area contributed by atoms with Crippen LogP contribution < -0.4 is 11.1 Å². The van der Waals surface area contributed by atoms with Crippen LogP contribution in [0, 0.1) is 6.92 Å². The lowest BCUT2D eigenvalue weighted by Crippen LogP contribution is -2.17. The average Bonchev–Trinajstić information content (AvgIpc) is 2.97. The van der Waals surface area contributed by atoms with Crippen LogP contribution in [0.4, 0.5) is 11.4 Å². The SMILES string of the molecule is Cc1c(N)cccc1NC(=O)CCS(=O)(=O)c1cccs1. The first-order valence-electron chi connectivity index (χ1n) is 6.31. The minimum atomic E-state index is -3.39. The third-order valence-electron chi connectivity index (χ3n) is 3.05. The Morgan fingerprint density at radius 1 is 1.29 bits per heavy atom. The zero-order valence-corrected chi connectivity index (χ0v) is 13.1. The zero-order chi connectivity index (χ0) is 15.5. The van der Waals surface area contributed by atoms with Crippen LogP contribution in [-0.4, -0.2) is 20.1 Å². The van der Waals surface area contributed by atoms with Gasteiger partial charge in [0.2, 0.25) is 5.91 Å². The molecule has 0 atom stereocenters. The fraction of sp³-hybridized carbons (Fsp3) is 0.214. The summed E-state index contributed by atoms with van der Waals surface area (Å²) >= 11 is 1.15. The maximum atomic E-state index is 12.0. The number of carbonyl (C=O) groups excluding carboxylic acids is 1. The van der Waals surface area contributed by atoms with Crippen molar-refractivity contribution in [1.29, 1.82) is 0 Å². The Hall–Kier alpha value is -1.86. The molecule has 2 rings (SSSR count). The molecule has 5 nitrogen and oxygen atoms in total. The van der Waals surface area contributed by atoms with Gasteiger partial charge in [0.1, 0.15) is 4.21 Å². The van der Waals surface area contributed by atoms with Crippen molar-refractivity contribution in [3.63, 3.8) is 0 Å². The summed E-state index contributed by atoms with van der Waals surface area (Å²) in [5, 5.41) is 4.39. The van der Waals surface area contributed by atoms with E-state index in [2.05, 4.69) is 5.32 Å². The molecule has 1 aromatic carbocycles. The molecule has 0 aliphatic heterocycles. The van der Waals surface area contributed by atoms with Gasteiger partial charge in [-0.25, -0.2) is 8.42 Å². The standard InChI is InChI=1S/C14H16N2O3S2/c1-10-11(15)4-2-5-12(10)16-13(17)7-9-21(18,19)14-6-3-8-20-14/h2-6,8H,7,9,15H2,1H3,(H,16,17). The number of carbonyl (C=O) groups is 1. The van der Waals surface area contributed by atoms with Crippen LogP contribution in [0.15, 0.2) is 39.9 Å². The molecular formula is C14H16N2O3S2. The first kappa shape index (κ1) is 15.5. The van der Waals surface area contributed by atoms with Crippen molar-refractivity contribution < 1.29 is 13.2 Å². The molecule has 0 spiro atoms. The highest BCUT2D eigenvalue weighted by Gasteiger charge is 2.17. The van der Waals surface area contributed by atoms with Gasteiger partial charge in [-0.3, -0.25) is 4.79 Å². The highest BCUT2D eigenvalue weighted by molar-refractivity contribution is 7.93. The average molecular weight is 324 g/mol. The first-order chi connectivity index (χ1) is 9.90. The van der Waals surface area contributed by atoms with Crippen molar-refractivity contribution in [2.45, 2.75) is 17.6 Å². The Kier molecular flexibility index (Phi) is 4.64. The largest absolute Gasteiger partial charge is 0.398 e. The van der Waals surface area contributed by atoms with Gasteiger partial charge in [0, 0.05) is 17.8 Å². The van der Waals surface area contributed by atoms with Crippen LogP contribution in [-0.2, 0) is 14.6 Å². The van der Waals surface area contributed by atoms with E-state index >= 15 is 0 Å². The number of amides is 1. The van der Waals surface area contributed by atoms with Crippen LogP contribution in [0.3, 0.4) is 0 Å². The molecule has 0 fully saturated rings. The van der Waals surface area contributed by atoms with Gasteiger partial charge < -0.3 is 11.1 Å². The lowest BCUT2D eigenvalue weighted by molar-refractivity contribution is -0.115. The number of nitrogen functional groups attached to an aromatic ring is 1. The van der Waals surface area contributed by atoms with E-state index in [0.717, 1.165) is 16.9 Å². The number of hydrogen-bond donors (Lipinski definition) is 2. The normalized spacial score (nSPS) is 11.3. The maximum Gasteiger partial charge on any atom is 0.225 e. The molecule has 0 radical (unpaired) electrons. The number of nitrogens with one attached hydrogen (secondary N) is 1. The number of nitrogens with two attached hydrogens (primary N) is 1. The minimum Gasteiger partial charge on any atom is -0.398 e. The minimum absolute atomic E-state index is 0.0888. The van der Waals surface area contributed by atoms with Crippen molar-refractivity contribution in [1.82, 2.24) is 0 Å². The molecule has 2 aromatic rings. The summed E-state index contributed by atoms with van der Waals surface area (Å²) in [6.07, 6.45) is -0.0888. The molecule has 0 unspecified atom stereocenters. The zero-order valence-electron chi connectivity index (χ0n) is 11.5. The van der Waals surface area contributed by atoms with Gasteiger partial charge in [0.05, 0.1) is 5.75 Å². The number of benzene rings is 1. The monoisotopic (exact) mass is 324 g/mol. The molecule has 112 valence electrons. The fourth-order valence-electron chi connectivity index (χ4n) is 1.77. The van der Waals surface area contributed by atoms with Crippen LogP contribution in [0.2, 0.25) is 0 Å². The molecule has 0 saturated carbocycles. The molecule has 0 aliphatic carbocycles. The summed E-state index contributed by atoms with van der Waals surface area (Å²) in [6.45, 7) is 1.80. The molecule has 21 heavy (non-hydrogen) atoms. The molecule has 1 amide bonds. The predicted octanol–water partition coefficient (Wildman–Crippen LogP) is 2.44. The van der Waals surface area contributed by atoms with Gasteiger partial charge in [-0.05, 0) is 36.1 Å². The number of anilines is 2. The molecule has 1 aromatic heterocycles. The van der Waals surface area contributed by atoms with Crippen molar-refractivity contribution in [2.24, 2.45) is 0 Å². The van der Waals surface area contributed by atoms with E-state index in [4.69, 9.17) is 5.73 Å². The van der Waals surface area contributed by atoms with Crippen molar-refractivity contribution >= 4 is 38.5 Å². The van der Waals surface area contributed by atoms with E-state index in [1.807, 2.05) is 0 Å². The Morgan fingerprint density at radius 3 is 2.71 bits per heavy atom. The Balaban J connectivity index is 1.98. The van der Waals surface area contributed by atoms with E-state index in [1.54, 1.807) is 42.6 Å². The summed E-state index contributed by atoms with van der Waals surface area (Å²) in [5.74, 6) is -0.551. The van der Waals surface area contributed by atoms with Gasteiger partial charge >= 0.3 is 0 Å². The summed E-state index contributed by atoms with van der Waals surface area (Å²) in [6, 6.07) is 8.43. The quantitative estimate of drug-likeness (QED) is 0.827. The Morgan fingerprint density at radius 2 is 2.05 bits per heavy atom. The second-order valence-corrected chi connectivity index (χ2v) is 7.85. The van der Waals surface area contributed by atoms with E-state index < -0.39 is 9.84 Å². The highest BCUT2D eigenvalue weighted by atomic mass is 32.2. The maximum absolute atomic E-state index is 12.0. The lowest BCUT2D eigenvalue weighted by Gasteiger charge is -2.10. The van der Waals surface area contributed by atoms with Gasteiger partial charge in [0.15, 0.2) is 9.84 Å². The second-order valence-electron chi connectivity index (χ2n) is 4.57. The summed E-state index contributed by atoms with van der Waals surface area (Å²) < 4.78 is 24.3. The van der Waals surface area contributed by atoms with Gasteiger partial charge in [-0.2, -0.15) is 0 Å². The highest BCUT2D eigenvalue weighted by Crippen LogP contribution is 2.21. The van der Waals surface area contributed by atoms with Gasteiger partial charge in [0.25, 0.3) is 0 Å². The van der Waals surface area contributed by atoms with Crippen molar-refractivity contribution in [3.05, 3.63) is 41.3 Å². The summed E-state index contributed by atoms with van der Waals surface area (Å²) in [7, 11) is -3.39. The van der Waals surface area contributed by atoms with E-state index in [9.17, 15) is 13.2 Å². The van der Waals surface area contributed by atoms with Crippen LogP contribution in [0.1, 0.15) is 12.0 Å². The number of rotatable bonds is 5. The molecule has 1 heterocycles. The third-order valence-corrected chi connectivity index (χ3v) is 6.25. The Labute approximate surface area is 127 Å². The number of hydrogen-bond acceptors (Lipinski definition) is 5. The van der Waals surface area contributed by atoms with Gasteiger partial charge in [-0.1, -0.05) is 12.1 Å². The topological polar surface area (TPSA) is 89.3 Å². The summed E-state index contributed by atoms with van der Waals surface area (Å²) in [4.78, 5) is 11.9. The molecule has 0 bridgehead atoms. The first-order valence-corrected chi connectivity index (χ1v) is 8.84. The van der Waals surface area contributed by atoms with E-state index in [1.165, 1.54) is 0 Å². The molecule has 3 N–H and O–H groups in total. The third kappa shape index (κ3) is 3.83. The number of thiophene rings is 1. The second kappa shape index (κ2) is 6.28. The van der Waals surface area contributed by atoms with Crippen LogP contribution >= 0.6 is 11.3 Å². The van der Waals surface area contributed by atoms with Gasteiger partial charge in [-0.15, -0.1) is 11.3 Å². The number of sulfone groups is 1. The van der Waals surface area contributed by atoms with Crippen LogP contribution in [0.5, 0.6) is 0 Å².